The molecule has 0 spiro atoms. The maximum atomic E-state index is 12.2. The molecule has 5 nitrogen and oxygen atoms in total. The molecule has 6 heteroatoms. The summed E-state index contributed by atoms with van der Waals surface area (Å²) in [6.45, 7) is 6.67. The summed E-state index contributed by atoms with van der Waals surface area (Å²) in [7, 11) is -3.54. The molecule has 0 bridgehead atoms. The Morgan fingerprint density at radius 1 is 1.33 bits per heavy atom. The third-order valence-electron chi connectivity index (χ3n) is 3.06. The number of nitrogens with one attached hydrogen (secondary N) is 1. The van der Waals surface area contributed by atoms with Crippen LogP contribution in [0, 0.1) is 5.92 Å². The number of rotatable bonds is 9. The molecule has 1 rings (SSSR count). The zero-order valence-corrected chi connectivity index (χ0v) is 13.7. The normalized spacial score (nSPS) is 11.9. The molecule has 1 aromatic carbocycles. The smallest absolute Gasteiger partial charge is 0.240 e. The van der Waals surface area contributed by atoms with E-state index >= 15 is 0 Å². The molecule has 0 aliphatic carbocycles. The maximum Gasteiger partial charge on any atom is 0.240 e. The van der Waals surface area contributed by atoms with Crippen LogP contribution in [-0.2, 0) is 16.6 Å². The molecular weight excluding hydrogens is 290 g/mol. The van der Waals surface area contributed by atoms with Gasteiger partial charge in [0.25, 0.3) is 0 Å². The second-order valence-corrected chi connectivity index (χ2v) is 7.06. The minimum absolute atomic E-state index is 0.152. The molecule has 0 atom stereocenters. The van der Waals surface area contributed by atoms with Crippen molar-refractivity contribution in [1.82, 2.24) is 4.72 Å². The Hall–Kier alpha value is -1.11. The molecule has 1 aromatic rings. The maximum absolute atomic E-state index is 12.2. The van der Waals surface area contributed by atoms with Crippen molar-refractivity contribution in [3.63, 3.8) is 0 Å². The molecule has 0 fully saturated rings. The first-order valence-electron chi connectivity index (χ1n) is 7.27. The Bertz CT molecular complexity index is 541. The van der Waals surface area contributed by atoms with E-state index in [0.29, 0.717) is 30.4 Å². The molecule has 0 amide bonds. The van der Waals surface area contributed by atoms with Gasteiger partial charge in [-0.25, -0.2) is 13.1 Å². The first kappa shape index (κ1) is 17.9. The van der Waals surface area contributed by atoms with Crippen LogP contribution < -0.4 is 9.46 Å². The van der Waals surface area contributed by atoms with Crippen molar-refractivity contribution in [1.29, 1.82) is 0 Å². The molecular formula is C15H25NO4S. The Kier molecular flexibility index (Phi) is 7.14. The minimum atomic E-state index is -3.54. The van der Waals surface area contributed by atoms with Gasteiger partial charge in [-0.3, -0.25) is 0 Å². The summed E-state index contributed by atoms with van der Waals surface area (Å²) in [5.74, 6) is 1.07. The van der Waals surface area contributed by atoms with Crippen LogP contribution in [-0.4, -0.2) is 26.7 Å². The van der Waals surface area contributed by atoms with Gasteiger partial charge in [-0.05, 0) is 43.9 Å². The van der Waals surface area contributed by atoms with Crippen LogP contribution >= 0.6 is 0 Å². The number of benzene rings is 1. The lowest BCUT2D eigenvalue weighted by molar-refractivity contribution is 0.266. The van der Waals surface area contributed by atoms with Crippen LogP contribution in [0.2, 0.25) is 0 Å². The average Bonchev–Trinajstić information content (AvgIpc) is 2.44. The lowest BCUT2D eigenvalue weighted by Gasteiger charge is -2.12. The molecule has 0 aromatic heterocycles. The van der Waals surface area contributed by atoms with Crippen molar-refractivity contribution in [2.75, 3.05) is 13.2 Å². The van der Waals surface area contributed by atoms with E-state index in [2.05, 4.69) is 18.6 Å². The fraction of sp³-hybridized carbons (Fsp3) is 0.600. The summed E-state index contributed by atoms with van der Waals surface area (Å²) < 4.78 is 32.3. The standard InChI is InChI=1S/C15H25NO4S/c1-4-20-15-8-7-14(10-13(15)11-17)21(18,19)16-9-5-6-12(2)3/h7-8,10,12,16-17H,4-6,9,11H2,1-3H3. The molecule has 0 aliphatic heterocycles. The summed E-state index contributed by atoms with van der Waals surface area (Å²) in [4.78, 5) is 0.152. The van der Waals surface area contributed by atoms with Gasteiger partial charge in [0.2, 0.25) is 10.0 Å². The third kappa shape index (κ3) is 5.65. The monoisotopic (exact) mass is 315 g/mol. The summed E-state index contributed by atoms with van der Waals surface area (Å²) in [5.41, 5.74) is 0.474. The number of sulfonamides is 1. The number of aliphatic hydroxyl groups excluding tert-OH is 1. The predicted octanol–water partition coefficient (Wildman–Crippen LogP) is 2.29. The van der Waals surface area contributed by atoms with Crippen LogP contribution in [0.15, 0.2) is 23.1 Å². The predicted molar refractivity (Wildman–Crippen MR) is 82.8 cm³/mol. The summed E-state index contributed by atoms with van der Waals surface area (Å²) in [6, 6.07) is 4.53. The fourth-order valence-corrected chi connectivity index (χ4v) is 3.07. The van der Waals surface area contributed by atoms with E-state index in [1.807, 2.05) is 6.92 Å². The van der Waals surface area contributed by atoms with E-state index in [9.17, 15) is 13.5 Å². The Balaban J connectivity index is 2.78. The molecule has 0 saturated heterocycles. The highest BCUT2D eigenvalue weighted by Gasteiger charge is 2.16. The van der Waals surface area contributed by atoms with Crippen molar-refractivity contribution in [2.24, 2.45) is 5.92 Å². The van der Waals surface area contributed by atoms with Gasteiger partial charge in [0.1, 0.15) is 5.75 Å². The third-order valence-corrected chi connectivity index (χ3v) is 4.52. The van der Waals surface area contributed by atoms with E-state index in [-0.39, 0.29) is 11.5 Å². The molecule has 21 heavy (non-hydrogen) atoms. The van der Waals surface area contributed by atoms with Crippen LogP contribution in [0.5, 0.6) is 5.75 Å². The molecule has 0 heterocycles. The summed E-state index contributed by atoms with van der Waals surface area (Å²) in [6.07, 6.45) is 1.79. The van der Waals surface area contributed by atoms with Gasteiger partial charge in [-0.2, -0.15) is 0 Å². The second kappa shape index (κ2) is 8.36. The molecule has 0 radical (unpaired) electrons. The average molecular weight is 315 g/mol. The van der Waals surface area contributed by atoms with Crippen molar-refractivity contribution >= 4 is 10.0 Å². The topological polar surface area (TPSA) is 75.6 Å². The molecule has 2 N–H and O–H groups in total. The highest BCUT2D eigenvalue weighted by Crippen LogP contribution is 2.22. The van der Waals surface area contributed by atoms with Gasteiger partial charge in [-0.15, -0.1) is 0 Å². The van der Waals surface area contributed by atoms with Crippen molar-refractivity contribution in [2.45, 2.75) is 45.1 Å². The largest absolute Gasteiger partial charge is 0.494 e. The summed E-state index contributed by atoms with van der Waals surface area (Å²) >= 11 is 0. The van der Waals surface area contributed by atoms with Crippen molar-refractivity contribution in [3.8, 4) is 5.75 Å². The SMILES string of the molecule is CCOc1ccc(S(=O)(=O)NCCCC(C)C)cc1CO. The Morgan fingerprint density at radius 2 is 2.05 bits per heavy atom. The zero-order chi connectivity index (χ0) is 15.9. The lowest BCUT2D eigenvalue weighted by Crippen LogP contribution is -2.25. The highest BCUT2D eigenvalue weighted by molar-refractivity contribution is 7.89. The van der Waals surface area contributed by atoms with Crippen molar-refractivity contribution < 1.29 is 18.3 Å². The van der Waals surface area contributed by atoms with E-state index in [0.717, 1.165) is 12.8 Å². The van der Waals surface area contributed by atoms with Gasteiger partial charge in [0, 0.05) is 12.1 Å². The van der Waals surface area contributed by atoms with Gasteiger partial charge < -0.3 is 9.84 Å². The van der Waals surface area contributed by atoms with Crippen LogP contribution in [0.1, 0.15) is 39.2 Å². The quantitative estimate of drug-likeness (QED) is 0.686. The van der Waals surface area contributed by atoms with E-state index in [1.165, 1.54) is 12.1 Å². The molecule has 0 saturated carbocycles. The van der Waals surface area contributed by atoms with Gasteiger partial charge in [-0.1, -0.05) is 13.8 Å². The van der Waals surface area contributed by atoms with E-state index in [1.54, 1.807) is 6.07 Å². The van der Waals surface area contributed by atoms with Gasteiger partial charge in [0.15, 0.2) is 0 Å². The number of ether oxygens (including phenoxy) is 1. The van der Waals surface area contributed by atoms with Gasteiger partial charge in [0.05, 0.1) is 18.1 Å². The number of hydrogen-bond donors (Lipinski definition) is 2. The first-order chi connectivity index (χ1) is 9.90. The molecule has 0 aliphatic rings. The van der Waals surface area contributed by atoms with E-state index in [4.69, 9.17) is 4.74 Å². The second-order valence-electron chi connectivity index (χ2n) is 5.29. The lowest BCUT2D eigenvalue weighted by atomic mass is 10.1. The van der Waals surface area contributed by atoms with Crippen molar-refractivity contribution in [3.05, 3.63) is 23.8 Å². The molecule has 0 unspecified atom stereocenters. The van der Waals surface area contributed by atoms with Crippen LogP contribution in [0.4, 0.5) is 0 Å². The Labute approximate surface area is 127 Å². The Morgan fingerprint density at radius 3 is 2.62 bits per heavy atom. The van der Waals surface area contributed by atoms with Crippen LogP contribution in [0.3, 0.4) is 0 Å². The molecule has 120 valence electrons. The van der Waals surface area contributed by atoms with Crippen LogP contribution in [0.25, 0.3) is 0 Å². The highest BCUT2D eigenvalue weighted by atomic mass is 32.2. The first-order valence-corrected chi connectivity index (χ1v) is 8.75. The minimum Gasteiger partial charge on any atom is -0.494 e. The van der Waals surface area contributed by atoms with E-state index < -0.39 is 10.0 Å². The van der Waals surface area contributed by atoms with Gasteiger partial charge >= 0.3 is 0 Å². The fourth-order valence-electron chi connectivity index (χ4n) is 1.94. The zero-order valence-electron chi connectivity index (χ0n) is 12.9. The summed E-state index contributed by atoms with van der Waals surface area (Å²) in [5, 5.41) is 9.32. The number of hydrogen-bond acceptors (Lipinski definition) is 4. The number of aliphatic hydroxyl groups is 1.